The Balaban J connectivity index is 1.49. The molecular weight excluding hydrogens is 380 g/mol. The third kappa shape index (κ3) is 5.08. The number of nitrogens with zero attached hydrogens (tertiary/aromatic N) is 1. The van der Waals surface area contributed by atoms with Crippen molar-refractivity contribution in [3.05, 3.63) is 76.4 Å². The normalized spacial score (nSPS) is 10.3. The van der Waals surface area contributed by atoms with Crippen LogP contribution < -0.4 is 5.32 Å². The Kier molecular flexibility index (Phi) is 6.23. The van der Waals surface area contributed by atoms with E-state index in [-0.39, 0.29) is 29.7 Å². The largest absolute Gasteiger partial charge is 0.459 e. The number of rotatable bonds is 7. The highest BCUT2D eigenvalue weighted by molar-refractivity contribution is 7.07. The maximum atomic E-state index is 12.1. The molecule has 1 N–H and O–H groups in total. The highest BCUT2D eigenvalue weighted by Crippen LogP contribution is 2.13. The fraction of sp³-hybridized carbons (Fsp3) is 0.150. The molecule has 28 heavy (non-hydrogen) atoms. The quantitative estimate of drug-likeness (QED) is 0.616. The average molecular weight is 398 g/mol. The molecule has 2 aromatic heterocycles. The number of nitrogens with one attached hydrogen (secondary N) is 1. The smallest absolute Gasteiger partial charge is 0.338 e. The van der Waals surface area contributed by atoms with Gasteiger partial charge in [0.1, 0.15) is 0 Å². The van der Waals surface area contributed by atoms with Gasteiger partial charge >= 0.3 is 5.97 Å². The number of carbonyl (C=O) groups excluding carboxylic acids is 3. The number of benzene rings is 1. The van der Waals surface area contributed by atoms with Gasteiger partial charge in [-0.25, -0.2) is 4.79 Å². The van der Waals surface area contributed by atoms with Crippen molar-refractivity contribution in [2.24, 2.45) is 0 Å². The predicted octanol–water partition coefficient (Wildman–Crippen LogP) is 3.41. The first-order valence-electron chi connectivity index (χ1n) is 8.40. The molecule has 0 aliphatic rings. The van der Waals surface area contributed by atoms with Crippen molar-refractivity contribution >= 4 is 34.8 Å². The summed E-state index contributed by atoms with van der Waals surface area (Å²) < 4.78 is 10.1. The standard InChI is InChI=1S/C20H18N2O5S/c1-22(11-14-8-10-28-13-14)18(23)12-27-20(25)15-4-6-16(7-5-15)21-19(24)17-3-2-9-26-17/h2-10,13H,11-12H2,1H3,(H,21,24). The predicted molar refractivity (Wildman–Crippen MR) is 104 cm³/mol. The number of carbonyl (C=O) groups is 3. The van der Waals surface area contributed by atoms with E-state index in [0.29, 0.717) is 12.2 Å². The van der Waals surface area contributed by atoms with Crippen LogP contribution in [0.15, 0.2) is 63.9 Å². The van der Waals surface area contributed by atoms with Crippen LogP contribution in [0.25, 0.3) is 0 Å². The van der Waals surface area contributed by atoms with Gasteiger partial charge in [0, 0.05) is 19.3 Å². The number of furan rings is 1. The van der Waals surface area contributed by atoms with E-state index in [0.717, 1.165) is 5.56 Å². The Morgan fingerprint density at radius 3 is 2.57 bits per heavy atom. The van der Waals surface area contributed by atoms with E-state index >= 15 is 0 Å². The van der Waals surface area contributed by atoms with E-state index in [1.54, 1.807) is 42.6 Å². The number of anilines is 1. The molecule has 7 nitrogen and oxygen atoms in total. The van der Waals surface area contributed by atoms with Crippen LogP contribution in [-0.4, -0.2) is 36.3 Å². The number of thiophene rings is 1. The molecule has 3 aromatic rings. The SMILES string of the molecule is CN(Cc1ccsc1)C(=O)COC(=O)c1ccc(NC(=O)c2ccco2)cc1. The molecule has 0 saturated carbocycles. The summed E-state index contributed by atoms with van der Waals surface area (Å²) in [7, 11) is 1.66. The Morgan fingerprint density at radius 1 is 1.14 bits per heavy atom. The molecule has 0 saturated heterocycles. The Hall–Kier alpha value is -3.39. The van der Waals surface area contributed by atoms with Crippen molar-refractivity contribution in [3.63, 3.8) is 0 Å². The van der Waals surface area contributed by atoms with Crippen molar-refractivity contribution in [2.45, 2.75) is 6.54 Å². The topological polar surface area (TPSA) is 88.9 Å². The Labute approximate surface area is 165 Å². The highest BCUT2D eigenvalue weighted by atomic mass is 32.1. The van der Waals surface area contributed by atoms with Gasteiger partial charge in [0.05, 0.1) is 11.8 Å². The first kappa shape index (κ1) is 19.4. The molecule has 1 aromatic carbocycles. The Bertz CT molecular complexity index is 934. The van der Waals surface area contributed by atoms with Crippen LogP contribution in [0.4, 0.5) is 5.69 Å². The molecule has 0 unspecified atom stereocenters. The van der Waals surface area contributed by atoms with Gasteiger partial charge in [0.25, 0.3) is 11.8 Å². The molecule has 0 atom stereocenters. The lowest BCUT2D eigenvalue weighted by atomic mass is 10.2. The zero-order chi connectivity index (χ0) is 19.9. The third-order valence-electron chi connectivity index (χ3n) is 3.88. The lowest BCUT2D eigenvalue weighted by Gasteiger charge is -2.16. The first-order valence-corrected chi connectivity index (χ1v) is 9.34. The molecule has 0 aliphatic carbocycles. The second-order valence-corrected chi connectivity index (χ2v) is 6.75. The van der Waals surface area contributed by atoms with Crippen molar-refractivity contribution in [1.29, 1.82) is 0 Å². The van der Waals surface area contributed by atoms with E-state index in [9.17, 15) is 14.4 Å². The number of esters is 1. The minimum Gasteiger partial charge on any atom is -0.459 e. The minimum absolute atomic E-state index is 0.188. The summed E-state index contributed by atoms with van der Waals surface area (Å²) in [5, 5.41) is 6.55. The van der Waals surface area contributed by atoms with Crippen molar-refractivity contribution < 1.29 is 23.5 Å². The van der Waals surface area contributed by atoms with Crippen molar-refractivity contribution in [1.82, 2.24) is 4.90 Å². The maximum Gasteiger partial charge on any atom is 0.338 e. The molecule has 2 amide bonds. The average Bonchev–Trinajstić information content (AvgIpc) is 3.40. The number of amides is 2. The molecule has 0 fully saturated rings. The fourth-order valence-corrected chi connectivity index (χ4v) is 3.02. The maximum absolute atomic E-state index is 12.1. The molecular formula is C20H18N2O5S. The summed E-state index contributed by atoms with van der Waals surface area (Å²) >= 11 is 1.56. The molecule has 144 valence electrons. The summed E-state index contributed by atoms with van der Waals surface area (Å²) in [6.07, 6.45) is 1.41. The minimum atomic E-state index is -0.610. The van der Waals surface area contributed by atoms with E-state index in [4.69, 9.17) is 9.15 Å². The number of hydrogen-bond acceptors (Lipinski definition) is 6. The molecule has 3 rings (SSSR count). The first-order chi connectivity index (χ1) is 13.5. The monoisotopic (exact) mass is 398 g/mol. The number of ether oxygens (including phenoxy) is 1. The molecule has 0 radical (unpaired) electrons. The van der Waals surface area contributed by atoms with Crippen LogP contribution in [0, 0.1) is 0 Å². The second-order valence-electron chi connectivity index (χ2n) is 5.97. The highest BCUT2D eigenvalue weighted by Gasteiger charge is 2.15. The van der Waals surface area contributed by atoms with E-state index in [1.807, 2.05) is 16.8 Å². The van der Waals surface area contributed by atoms with Crippen LogP contribution >= 0.6 is 11.3 Å². The lowest BCUT2D eigenvalue weighted by Crippen LogP contribution is -2.30. The number of hydrogen-bond donors (Lipinski definition) is 1. The summed E-state index contributed by atoms with van der Waals surface area (Å²) in [5.41, 5.74) is 1.81. The molecule has 0 spiro atoms. The van der Waals surface area contributed by atoms with Crippen LogP contribution in [0.2, 0.25) is 0 Å². The lowest BCUT2D eigenvalue weighted by molar-refractivity contribution is -0.133. The van der Waals surface area contributed by atoms with Crippen LogP contribution in [0.5, 0.6) is 0 Å². The summed E-state index contributed by atoms with van der Waals surface area (Å²) in [6, 6.07) is 11.3. The van der Waals surface area contributed by atoms with Crippen molar-refractivity contribution in [2.75, 3.05) is 19.0 Å². The van der Waals surface area contributed by atoms with Gasteiger partial charge in [-0.15, -0.1) is 0 Å². The van der Waals surface area contributed by atoms with E-state index in [2.05, 4.69) is 5.32 Å². The zero-order valence-electron chi connectivity index (χ0n) is 15.1. The van der Waals surface area contributed by atoms with Gasteiger partial charge < -0.3 is 19.4 Å². The van der Waals surface area contributed by atoms with Gasteiger partial charge in [0.15, 0.2) is 12.4 Å². The second kappa shape index (κ2) is 9.01. The van der Waals surface area contributed by atoms with Crippen LogP contribution in [0.1, 0.15) is 26.5 Å². The van der Waals surface area contributed by atoms with Gasteiger partial charge in [-0.1, -0.05) is 0 Å². The fourth-order valence-electron chi connectivity index (χ4n) is 2.36. The Morgan fingerprint density at radius 2 is 1.93 bits per heavy atom. The van der Waals surface area contributed by atoms with Crippen molar-refractivity contribution in [3.8, 4) is 0 Å². The van der Waals surface area contributed by atoms with Crippen LogP contribution in [-0.2, 0) is 16.1 Å². The molecule has 8 heteroatoms. The molecule has 0 aliphatic heterocycles. The molecule has 0 bridgehead atoms. The van der Waals surface area contributed by atoms with Crippen LogP contribution in [0.3, 0.4) is 0 Å². The van der Waals surface area contributed by atoms with E-state index in [1.165, 1.54) is 23.3 Å². The number of likely N-dealkylation sites (N-methyl/N-ethyl adjacent to an activating group) is 1. The van der Waals surface area contributed by atoms with Gasteiger partial charge in [-0.2, -0.15) is 11.3 Å². The third-order valence-corrected chi connectivity index (χ3v) is 4.61. The van der Waals surface area contributed by atoms with Gasteiger partial charge in [0.2, 0.25) is 0 Å². The zero-order valence-corrected chi connectivity index (χ0v) is 15.9. The van der Waals surface area contributed by atoms with Gasteiger partial charge in [-0.05, 0) is 58.8 Å². The summed E-state index contributed by atoms with van der Waals surface area (Å²) in [6.45, 7) is 0.125. The summed E-state index contributed by atoms with van der Waals surface area (Å²) in [4.78, 5) is 37.6. The molecule has 2 heterocycles. The van der Waals surface area contributed by atoms with Gasteiger partial charge in [-0.3, -0.25) is 9.59 Å². The summed E-state index contributed by atoms with van der Waals surface area (Å²) in [5.74, 6) is -1.10. The van der Waals surface area contributed by atoms with E-state index < -0.39 is 5.97 Å².